The van der Waals surface area contributed by atoms with Gasteiger partial charge < -0.3 is 10.8 Å². The maximum Gasteiger partial charge on any atom is 0.335 e. The van der Waals surface area contributed by atoms with Crippen molar-refractivity contribution in [3.05, 3.63) is 47.0 Å². The van der Waals surface area contributed by atoms with Crippen molar-refractivity contribution in [2.24, 2.45) is 5.73 Å². The van der Waals surface area contributed by atoms with Crippen LogP contribution in [0, 0.1) is 0 Å². The number of carbonyl (C=O) groups excluding carboxylic acids is 1. The van der Waals surface area contributed by atoms with Crippen LogP contribution in [0.5, 0.6) is 0 Å². The Kier molecular flexibility index (Phi) is 4.63. The van der Waals surface area contributed by atoms with E-state index in [0.29, 0.717) is 6.42 Å². The van der Waals surface area contributed by atoms with Gasteiger partial charge in [0.1, 0.15) is 0 Å². The molecule has 1 atom stereocenters. The van der Waals surface area contributed by atoms with E-state index in [1.54, 1.807) is 12.1 Å². The van der Waals surface area contributed by atoms with E-state index in [4.69, 9.17) is 10.8 Å². The normalized spacial score (nSPS) is 15.3. The Balaban J connectivity index is 0.000001000. The molecule has 1 amide bonds. The van der Waals surface area contributed by atoms with Gasteiger partial charge in [0, 0.05) is 0 Å². The summed E-state index contributed by atoms with van der Waals surface area (Å²) in [7, 11) is 0. The SMILES string of the molecule is Cl.Cl.NC(=O)C1Cc2cc(C(=O)O)cc3cccc1c23. The molecule has 0 aromatic heterocycles. The van der Waals surface area contributed by atoms with Gasteiger partial charge in [0.05, 0.1) is 11.5 Å². The number of carboxylic acid groups (broad SMARTS) is 1. The zero-order valence-corrected chi connectivity index (χ0v) is 12.0. The predicted molar refractivity (Wildman–Crippen MR) is 81.0 cm³/mol. The number of amides is 1. The largest absolute Gasteiger partial charge is 0.478 e. The summed E-state index contributed by atoms with van der Waals surface area (Å²) in [5, 5.41) is 10.9. The maximum atomic E-state index is 11.4. The molecule has 4 nitrogen and oxygen atoms in total. The predicted octanol–water partition coefficient (Wildman–Crippen LogP) is 2.51. The second kappa shape index (κ2) is 5.69. The number of benzene rings is 2. The molecule has 106 valence electrons. The van der Waals surface area contributed by atoms with Gasteiger partial charge in [-0.15, -0.1) is 24.8 Å². The number of hydrogen-bond donors (Lipinski definition) is 2. The second-order valence-corrected chi connectivity index (χ2v) is 4.54. The monoisotopic (exact) mass is 313 g/mol. The molecule has 2 aromatic carbocycles. The lowest BCUT2D eigenvalue weighted by Gasteiger charge is -2.06. The molecule has 1 unspecified atom stereocenters. The number of primary amides is 1. The smallest absolute Gasteiger partial charge is 0.335 e. The fraction of sp³-hybridized carbons (Fsp3) is 0.143. The van der Waals surface area contributed by atoms with E-state index < -0.39 is 5.97 Å². The molecule has 1 aliphatic carbocycles. The molecule has 0 heterocycles. The summed E-state index contributed by atoms with van der Waals surface area (Å²) in [6, 6.07) is 8.84. The molecule has 0 spiro atoms. The summed E-state index contributed by atoms with van der Waals surface area (Å²) in [4.78, 5) is 22.5. The summed E-state index contributed by atoms with van der Waals surface area (Å²) in [6.07, 6.45) is 0.492. The van der Waals surface area contributed by atoms with E-state index in [2.05, 4.69) is 0 Å². The summed E-state index contributed by atoms with van der Waals surface area (Å²) >= 11 is 0. The van der Waals surface area contributed by atoms with Gasteiger partial charge in [0.2, 0.25) is 5.91 Å². The minimum absolute atomic E-state index is 0. The Hall–Kier alpha value is -1.78. The molecule has 2 aromatic rings. The lowest BCUT2D eigenvalue weighted by molar-refractivity contribution is -0.119. The highest BCUT2D eigenvalue weighted by molar-refractivity contribution is 6.01. The first-order chi connectivity index (χ1) is 8.58. The Labute approximate surface area is 127 Å². The molecule has 6 heteroatoms. The quantitative estimate of drug-likeness (QED) is 0.894. The van der Waals surface area contributed by atoms with Crippen LogP contribution in [-0.2, 0) is 11.2 Å². The third kappa shape index (κ3) is 2.32. The van der Waals surface area contributed by atoms with E-state index in [-0.39, 0.29) is 42.2 Å². The molecule has 20 heavy (non-hydrogen) atoms. The molecule has 0 saturated carbocycles. The topological polar surface area (TPSA) is 80.4 Å². The van der Waals surface area contributed by atoms with Crippen LogP contribution in [0.1, 0.15) is 27.4 Å². The molecular formula is C14H13Cl2NO3. The lowest BCUT2D eigenvalue weighted by Crippen LogP contribution is -2.20. The van der Waals surface area contributed by atoms with Crippen LogP contribution in [0.2, 0.25) is 0 Å². The minimum atomic E-state index is -0.957. The molecule has 1 aliphatic rings. The van der Waals surface area contributed by atoms with Crippen LogP contribution in [0.3, 0.4) is 0 Å². The molecule has 3 N–H and O–H groups in total. The minimum Gasteiger partial charge on any atom is -0.478 e. The van der Waals surface area contributed by atoms with Crippen LogP contribution >= 0.6 is 24.8 Å². The van der Waals surface area contributed by atoms with Gasteiger partial charge in [0.15, 0.2) is 0 Å². The van der Waals surface area contributed by atoms with Crippen LogP contribution in [0.4, 0.5) is 0 Å². The van der Waals surface area contributed by atoms with Crippen molar-refractivity contribution in [3.63, 3.8) is 0 Å². The lowest BCUT2D eigenvalue weighted by atomic mass is 9.99. The van der Waals surface area contributed by atoms with Crippen LogP contribution in [0.25, 0.3) is 10.8 Å². The second-order valence-electron chi connectivity index (χ2n) is 4.54. The number of carboxylic acids is 1. The first-order valence-electron chi connectivity index (χ1n) is 5.66. The van der Waals surface area contributed by atoms with Gasteiger partial charge in [-0.25, -0.2) is 4.79 Å². The molecule has 0 bridgehead atoms. The van der Waals surface area contributed by atoms with Crippen molar-refractivity contribution in [1.82, 2.24) is 0 Å². The van der Waals surface area contributed by atoms with Gasteiger partial charge in [0.25, 0.3) is 0 Å². The highest BCUT2D eigenvalue weighted by Crippen LogP contribution is 2.38. The maximum absolute atomic E-state index is 11.4. The summed E-state index contributed by atoms with van der Waals surface area (Å²) in [5.74, 6) is -1.66. The van der Waals surface area contributed by atoms with E-state index >= 15 is 0 Å². The summed E-state index contributed by atoms with van der Waals surface area (Å²) in [6.45, 7) is 0. The highest BCUT2D eigenvalue weighted by Gasteiger charge is 2.29. The van der Waals surface area contributed by atoms with Gasteiger partial charge in [-0.05, 0) is 40.5 Å². The van der Waals surface area contributed by atoms with Gasteiger partial charge in [-0.2, -0.15) is 0 Å². The standard InChI is InChI=1S/C14H11NO3.2ClH/c15-13(16)11-6-8-5-9(14(17)18)4-7-2-1-3-10(11)12(7)8;;/h1-5,11H,6H2,(H2,15,16)(H,17,18);2*1H. The van der Waals surface area contributed by atoms with Crippen LogP contribution < -0.4 is 5.73 Å². The van der Waals surface area contributed by atoms with Crippen LogP contribution in [-0.4, -0.2) is 17.0 Å². The fourth-order valence-corrected chi connectivity index (χ4v) is 2.71. The van der Waals surface area contributed by atoms with E-state index in [9.17, 15) is 9.59 Å². The van der Waals surface area contributed by atoms with E-state index in [1.807, 2.05) is 18.2 Å². The first-order valence-corrected chi connectivity index (χ1v) is 5.66. The van der Waals surface area contributed by atoms with Crippen molar-refractivity contribution in [2.45, 2.75) is 12.3 Å². The molecule has 0 radical (unpaired) electrons. The Morgan fingerprint density at radius 2 is 1.90 bits per heavy atom. The third-order valence-corrected chi connectivity index (χ3v) is 3.48. The number of carbonyl (C=O) groups is 2. The zero-order valence-electron chi connectivity index (χ0n) is 10.3. The molecular weight excluding hydrogens is 301 g/mol. The third-order valence-electron chi connectivity index (χ3n) is 3.48. The van der Waals surface area contributed by atoms with Crippen molar-refractivity contribution in [3.8, 4) is 0 Å². The van der Waals surface area contributed by atoms with Crippen molar-refractivity contribution >= 4 is 47.5 Å². The first kappa shape index (κ1) is 16.3. The average Bonchev–Trinajstić information content (AvgIpc) is 2.70. The number of aromatic carboxylic acids is 1. The molecule has 0 aliphatic heterocycles. The zero-order chi connectivity index (χ0) is 12.9. The Morgan fingerprint density at radius 1 is 1.20 bits per heavy atom. The highest BCUT2D eigenvalue weighted by atomic mass is 35.5. The average molecular weight is 314 g/mol. The van der Waals surface area contributed by atoms with Crippen molar-refractivity contribution in [2.75, 3.05) is 0 Å². The Bertz CT molecular complexity index is 700. The molecule has 0 saturated heterocycles. The summed E-state index contributed by atoms with van der Waals surface area (Å²) in [5.41, 5.74) is 7.45. The van der Waals surface area contributed by atoms with E-state index in [0.717, 1.165) is 21.9 Å². The van der Waals surface area contributed by atoms with Gasteiger partial charge in [-0.3, -0.25) is 4.79 Å². The van der Waals surface area contributed by atoms with Crippen molar-refractivity contribution < 1.29 is 14.7 Å². The van der Waals surface area contributed by atoms with Crippen LogP contribution in [0.15, 0.2) is 30.3 Å². The van der Waals surface area contributed by atoms with Gasteiger partial charge >= 0.3 is 5.97 Å². The number of hydrogen-bond acceptors (Lipinski definition) is 2. The fourth-order valence-electron chi connectivity index (χ4n) is 2.71. The molecule has 3 rings (SSSR count). The van der Waals surface area contributed by atoms with E-state index in [1.165, 1.54) is 0 Å². The van der Waals surface area contributed by atoms with Crippen molar-refractivity contribution in [1.29, 1.82) is 0 Å². The number of halogens is 2. The number of nitrogens with two attached hydrogens (primary N) is 1. The molecule has 0 fully saturated rings. The summed E-state index contributed by atoms with van der Waals surface area (Å²) < 4.78 is 0. The van der Waals surface area contributed by atoms with Gasteiger partial charge in [-0.1, -0.05) is 18.2 Å². The number of rotatable bonds is 2. The Morgan fingerprint density at radius 3 is 2.50 bits per heavy atom.